The lowest BCUT2D eigenvalue weighted by Crippen LogP contribution is -2.12. The normalized spacial score (nSPS) is 12.3. The third kappa shape index (κ3) is 4.88. The number of hydrogen-bond donors (Lipinski definition) is 0. The molecule has 100 valence electrons. The standard InChI is InChI=1S/C18H22O/c1-19-15-18(14-17-10-6-3-7-11-17)13-12-16-8-4-2-5-9-16/h2-11,18H,12-15H2,1H3. The Balaban J connectivity index is 1.89. The van der Waals surface area contributed by atoms with Gasteiger partial charge in [0.05, 0.1) is 0 Å². The fourth-order valence-corrected chi connectivity index (χ4v) is 2.44. The minimum Gasteiger partial charge on any atom is -0.384 e. The Morgan fingerprint density at radius 2 is 1.42 bits per heavy atom. The predicted molar refractivity (Wildman–Crippen MR) is 80.3 cm³/mol. The molecule has 2 aromatic carbocycles. The number of rotatable bonds is 7. The molecule has 1 atom stereocenters. The summed E-state index contributed by atoms with van der Waals surface area (Å²) in [5.74, 6) is 0.590. The van der Waals surface area contributed by atoms with E-state index in [2.05, 4.69) is 60.7 Å². The Bertz CT molecular complexity index is 450. The molecule has 0 amide bonds. The molecule has 0 aromatic heterocycles. The molecule has 1 heteroatoms. The molecule has 0 aliphatic heterocycles. The van der Waals surface area contributed by atoms with E-state index in [9.17, 15) is 0 Å². The van der Waals surface area contributed by atoms with Gasteiger partial charge in [-0.3, -0.25) is 0 Å². The van der Waals surface area contributed by atoms with Crippen LogP contribution >= 0.6 is 0 Å². The number of hydrogen-bond acceptors (Lipinski definition) is 1. The van der Waals surface area contributed by atoms with Gasteiger partial charge in [-0.25, -0.2) is 0 Å². The van der Waals surface area contributed by atoms with Crippen LogP contribution in [0.4, 0.5) is 0 Å². The van der Waals surface area contributed by atoms with E-state index in [1.807, 2.05) is 0 Å². The summed E-state index contributed by atoms with van der Waals surface area (Å²) >= 11 is 0. The molecular formula is C18H22O. The highest BCUT2D eigenvalue weighted by atomic mass is 16.5. The van der Waals surface area contributed by atoms with E-state index in [0.29, 0.717) is 5.92 Å². The molecular weight excluding hydrogens is 232 g/mol. The van der Waals surface area contributed by atoms with E-state index in [1.165, 1.54) is 17.5 Å². The fourth-order valence-electron chi connectivity index (χ4n) is 2.44. The largest absolute Gasteiger partial charge is 0.384 e. The van der Waals surface area contributed by atoms with Crippen molar-refractivity contribution in [3.63, 3.8) is 0 Å². The Morgan fingerprint density at radius 1 is 0.842 bits per heavy atom. The summed E-state index contributed by atoms with van der Waals surface area (Å²) in [4.78, 5) is 0. The van der Waals surface area contributed by atoms with Crippen molar-refractivity contribution in [2.45, 2.75) is 19.3 Å². The average Bonchev–Trinajstić information content (AvgIpc) is 2.47. The molecule has 2 rings (SSSR count). The molecule has 0 fully saturated rings. The second kappa shape index (κ2) is 7.75. The van der Waals surface area contributed by atoms with Crippen molar-refractivity contribution < 1.29 is 4.74 Å². The Labute approximate surface area is 116 Å². The zero-order valence-corrected chi connectivity index (χ0v) is 11.6. The maximum atomic E-state index is 5.36. The lowest BCUT2D eigenvalue weighted by atomic mass is 9.93. The highest BCUT2D eigenvalue weighted by molar-refractivity contribution is 5.16. The summed E-state index contributed by atoms with van der Waals surface area (Å²) in [6, 6.07) is 21.4. The molecule has 0 saturated heterocycles. The smallest absolute Gasteiger partial charge is 0.0493 e. The monoisotopic (exact) mass is 254 g/mol. The average molecular weight is 254 g/mol. The number of ether oxygens (including phenoxy) is 1. The van der Waals surface area contributed by atoms with Crippen molar-refractivity contribution in [1.82, 2.24) is 0 Å². The van der Waals surface area contributed by atoms with E-state index in [1.54, 1.807) is 7.11 Å². The van der Waals surface area contributed by atoms with Crippen LogP contribution in [0.25, 0.3) is 0 Å². The third-order valence-corrected chi connectivity index (χ3v) is 3.45. The number of benzene rings is 2. The molecule has 19 heavy (non-hydrogen) atoms. The van der Waals surface area contributed by atoms with Gasteiger partial charge in [-0.2, -0.15) is 0 Å². The summed E-state index contributed by atoms with van der Waals surface area (Å²) in [7, 11) is 1.79. The van der Waals surface area contributed by atoms with Crippen molar-refractivity contribution in [2.24, 2.45) is 5.92 Å². The maximum absolute atomic E-state index is 5.36. The quantitative estimate of drug-likeness (QED) is 0.722. The van der Waals surface area contributed by atoms with Crippen molar-refractivity contribution in [3.8, 4) is 0 Å². The van der Waals surface area contributed by atoms with Crippen molar-refractivity contribution >= 4 is 0 Å². The SMILES string of the molecule is COCC(CCc1ccccc1)Cc1ccccc1. The van der Waals surface area contributed by atoms with Crippen LogP contribution in [0.15, 0.2) is 60.7 Å². The van der Waals surface area contributed by atoms with E-state index in [-0.39, 0.29) is 0 Å². The summed E-state index contributed by atoms with van der Waals surface area (Å²) in [6.07, 6.45) is 3.40. The van der Waals surface area contributed by atoms with Gasteiger partial charge in [0.25, 0.3) is 0 Å². The maximum Gasteiger partial charge on any atom is 0.0493 e. The molecule has 0 N–H and O–H groups in total. The summed E-state index contributed by atoms with van der Waals surface area (Å²) < 4.78 is 5.36. The minimum atomic E-state index is 0.590. The van der Waals surface area contributed by atoms with E-state index in [4.69, 9.17) is 4.74 Å². The highest BCUT2D eigenvalue weighted by Gasteiger charge is 2.09. The lowest BCUT2D eigenvalue weighted by Gasteiger charge is -2.16. The number of methoxy groups -OCH3 is 1. The second-order valence-electron chi connectivity index (χ2n) is 5.04. The van der Waals surface area contributed by atoms with Crippen LogP contribution in [0.3, 0.4) is 0 Å². The van der Waals surface area contributed by atoms with Crippen LogP contribution in [0.1, 0.15) is 17.5 Å². The molecule has 1 unspecified atom stereocenters. The van der Waals surface area contributed by atoms with Crippen LogP contribution in [0, 0.1) is 5.92 Å². The van der Waals surface area contributed by atoms with Gasteiger partial charge in [0, 0.05) is 13.7 Å². The molecule has 0 heterocycles. The minimum absolute atomic E-state index is 0.590. The zero-order chi connectivity index (χ0) is 13.3. The topological polar surface area (TPSA) is 9.23 Å². The second-order valence-corrected chi connectivity index (χ2v) is 5.04. The van der Waals surface area contributed by atoms with Gasteiger partial charge in [-0.05, 0) is 36.3 Å². The Morgan fingerprint density at radius 3 is 2.00 bits per heavy atom. The molecule has 2 aromatic rings. The predicted octanol–water partition coefficient (Wildman–Crippen LogP) is 4.12. The summed E-state index contributed by atoms with van der Waals surface area (Å²) in [5, 5.41) is 0. The first kappa shape index (κ1) is 13.8. The number of aryl methyl sites for hydroxylation is 1. The molecule has 1 nitrogen and oxygen atoms in total. The van der Waals surface area contributed by atoms with E-state index >= 15 is 0 Å². The first-order valence-corrected chi connectivity index (χ1v) is 6.95. The van der Waals surface area contributed by atoms with Gasteiger partial charge < -0.3 is 4.74 Å². The lowest BCUT2D eigenvalue weighted by molar-refractivity contribution is 0.148. The molecule has 0 saturated carbocycles. The van der Waals surface area contributed by atoms with Gasteiger partial charge in [0.2, 0.25) is 0 Å². The third-order valence-electron chi connectivity index (χ3n) is 3.45. The van der Waals surface area contributed by atoms with Crippen LogP contribution in [0.5, 0.6) is 0 Å². The molecule has 0 aliphatic carbocycles. The van der Waals surface area contributed by atoms with E-state index in [0.717, 1.165) is 19.4 Å². The van der Waals surface area contributed by atoms with Gasteiger partial charge in [-0.15, -0.1) is 0 Å². The summed E-state index contributed by atoms with van der Waals surface area (Å²) in [5.41, 5.74) is 2.81. The van der Waals surface area contributed by atoms with Crippen molar-refractivity contribution in [2.75, 3.05) is 13.7 Å². The first-order valence-electron chi connectivity index (χ1n) is 6.95. The van der Waals surface area contributed by atoms with Gasteiger partial charge in [0.15, 0.2) is 0 Å². The molecule has 0 bridgehead atoms. The fraction of sp³-hybridized carbons (Fsp3) is 0.333. The molecule has 0 radical (unpaired) electrons. The van der Waals surface area contributed by atoms with Crippen LogP contribution in [-0.2, 0) is 17.6 Å². The zero-order valence-electron chi connectivity index (χ0n) is 11.6. The van der Waals surface area contributed by atoms with E-state index < -0.39 is 0 Å². The Hall–Kier alpha value is -1.60. The molecule has 0 aliphatic rings. The van der Waals surface area contributed by atoms with Crippen LogP contribution < -0.4 is 0 Å². The van der Waals surface area contributed by atoms with Crippen LogP contribution in [0.2, 0.25) is 0 Å². The van der Waals surface area contributed by atoms with Gasteiger partial charge in [0.1, 0.15) is 0 Å². The molecule has 0 spiro atoms. The van der Waals surface area contributed by atoms with Crippen molar-refractivity contribution in [3.05, 3.63) is 71.8 Å². The van der Waals surface area contributed by atoms with Crippen LogP contribution in [-0.4, -0.2) is 13.7 Å². The van der Waals surface area contributed by atoms with Gasteiger partial charge >= 0.3 is 0 Å². The first-order chi connectivity index (χ1) is 9.38. The highest BCUT2D eigenvalue weighted by Crippen LogP contribution is 2.16. The van der Waals surface area contributed by atoms with Gasteiger partial charge in [-0.1, -0.05) is 60.7 Å². The summed E-state index contributed by atoms with van der Waals surface area (Å²) in [6.45, 7) is 0.835. The Kier molecular flexibility index (Phi) is 5.64. The van der Waals surface area contributed by atoms with Crippen molar-refractivity contribution in [1.29, 1.82) is 0 Å².